The molecule has 2 aromatic heterocycles. The van der Waals surface area contributed by atoms with Gasteiger partial charge in [-0.1, -0.05) is 6.07 Å². The third-order valence-electron chi connectivity index (χ3n) is 5.43. The molecule has 16 heteroatoms. The fraction of sp³-hybridized carbons (Fsp3) is 0.273. The number of aliphatic carboxylic acids is 1. The van der Waals surface area contributed by atoms with Crippen molar-refractivity contribution in [3.05, 3.63) is 64.6 Å². The van der Waals surface area contributed by atoms with E-state index in [-0.39, 0.29) is 23.8 Å². The smallest absolute Gasteiger partial charge is 0.475 e. The summed E-state index contributed by atoms with van der Waals surface area (Å²) in [5, 5.41) is 11.0. The first kappa shape index (κ1) is 28.1. The summed E-state index contributed by atoms with van der Waals surface area (Å²) in [6.07, 6.45) is -1.77. The van der Waals surface area contributed by atoms with Crippen molar-refractivity contribution < 1.29 is 36.6 Å². The van der Waals surface area contributed by atoms with Crippen LogP contribution in [-0.2, 0) is 22.6 Å². The Morgan fingerprint density at radius 2 is 1.82 bits per heavy atom. The van der Waals surface area contributed by atoms with E-state index in [1.807, 2.05) is 18.2 Å². The minimum Gasteiger partial charge on any atom is -0.475 e. The molecule has 0 spiro atoms. The minimum atomic E-state index is -5.08. The number of nitrogens with zero attached hydrogens (tertiary/aromatic N) is 6. The number of benzene rings is 1. The van der Waals surface area contributed by atoms with E-state index < -0.39 is 30.5 Å². The topological polar surface area (TPSA) is 149 Å². The van der Waals surface area contributed by atoms with Gasteiger partial charge in [0, 0.05) is 36.8 Å². The van der Waals surface area contributed by atoms with Gasteiger partial charge in [0.25, 0.3) is 6.08 Å². The number of carbonyl (C=O) groups is 2. The van der Waals surface area contributed by atoms with Crippen LogP contribution in [0.5, 0.6) is 0 Å². The average Bonchev–Trinajstić information content (AvgIpc) is 3.24. The summed E-state index contributed by atoms with van der Waals surface area (Å²) in [7, 11) is 1.75. The molecule has 0 aliphatic carbocycles. The Balaban J connectivity index is 0.000000505. The van der Waals surface area contributed by atoms with Crippen molar-refractivity contribution >= 4 is 17.6 Å². The predicted molar refractivity (Wildman–Crippen MR) is 123 cm³/mol. The molecule has 3 heterocycles. The van der Waals surface area contributed by atoms with E-state index in [0.717, 1.165) is 26.1 Å². The van der Waals surface area contributed by atoms with Gasteiger partial charge in [0.2, 0.25) is 5.91 Å². The van der Waals surface area contributed by atoms with Crippen LogP contribution in [0.25, 0.3) is 17.1 Å². The molecule has 0 bridgehead atoms. The minimum absolute atomic E-state index is 0.0821. The SMILES string of the molecule is CN1C(=O)CCc2cc(-c3cnc(-n4cnn(CC(CN)=C(F)F)c4=O)cn3)ccc21.O=C(O)C(F)(F)F. The molecule has 1 aliphatic heterocycles. The first-order valence-electron chi connectivity index (χ1n) is 10.7. The van der Waals surface area contributed by atoms with Gasteiger partial charge in [0.05, 0.1) is 24.6 Å². The van der Waals surface area contributed by atoms with Gasteiger partial charge < -0.3 is 15.7 Å². The number of anilines is 1. The number of fused-ring (bicyclic) bond motifs is 1. The number of carboxylic acid groups (broad SMARTS) is 1. The maximum absolute atomic E-state index is 12.8. The maximum Gasteiger partial charge on any atom is 0.490 e. The molecular formula is C22H20F5N7O4. The molecule has 3 aromatic rings. The third-order valence-corrected chi connectivity index (χ3v) is 5.43. The van der Waals surface area contributed by atoms with Gasteiger partial charge in [-0.2, -0.15) is 27.1 Å². The molecule has 11 nitrogen and oxygen atoms in total. The van der Waals surface area contributed by atoms with Crippen molar-refractivity contribution in [3.63, 3.8) is 0 Å². The number of aryl methyl sites for hydroxylation is 1. The molecule has 4 rings (SSSR count). The first-order chi connectivity index (χ1) is 17.8. The summed E-state index contributed by atoms with van der Waals surface area (Å²) in [6.45, 7) is -0.775. The molecule has 1 aliphatic rings. The van der Waals surface area contributed by atoms with Crippen LogP contribution in [0, 0.1) is 0 Å². The first-order valence-corrected chi connectivity index (χ1v) is 10.7. The maximum atomic E-state index is 12.8. The van der Waals surface area contributed by atoms with Crippen LogP contribution in [-0.4, -0.2) is 61.1 Å². The summed E-state index contributed by atoms with van der Waals surface area (Å²) in [5.74, 6) is -2.46. The van der Waals surface area contributed by atoms with E-state index in [1.54, 1.807) is 11.9 Å². The summed E-state index contributed by atoms with van der Waals surface area (Å²) in [6, 6.07) is 5.70. The molecular weight excluding hydrogens is 521 g/mol. The van der Waals surface area contributed by atoms with Crippen LogP contribution in [0.15, 0.2) is 53.4 Å². The fourth-order valence-electron chi connectivity index (χ4n) is 3.40. The Kier molecular flexibility index (Phi) is 8.35. The van der Waals surface area contributed by atoms with Crippen LogP contribution < -0.4 is 16.3 Å². The molecule has 1 aromatic carbocycles. The van der Waals surface area contributed by atoms with Gasteiger partial charge in [0.1, 0.15) is 6.33 Å². The summed E-state index contributed by atoms with van der Waals surface area (Å²) in [5.41, 5.74) is 7.64. The highest BCUT2D eigenvalue weighted by Crippen LogP contribution is 2.30. The standard InChI is InChI=1S/C20H19F2N7O2.C2HF3O2/c1-27-16-4-2-12(6-13(16)3-5-18(27)30)15-8-25-17(9-24-15)28-11-26-29(20(28)31)10-14(7-23)19(21)22;3-2(4,5)1(6)7/h2,4,6,8-9,11H,3,5,7,10,23H2,1H3;(H,6,7). The highest BCUT2D eigenvalue weighted by molar-refractivity contribution is 5.96. The lowest BCUT2D eigenvalue weighted by atomic mass is 9.98. The van der Waals surface area contributed by atoms with Gasteiger partial charge in [0.15, 0.2) is 5.82 Å². The van der Waals surface area contributed by atoms with E-state index >= 15 is 0 Å². The predicted octanol–water partition coefficient (Wildman–Crippen LogP) is 2.14. The molecule has 202 valence electrons. The van der Waals surface area contributed by atoms with Crippen molar-refractivity contribution in [2.45, 2.75) is 25.6 Å². The third kappa shape index (κ3) is 6.26. The molecule has 0 atom stereocenters. The Hall–Kier alpha value is -4.47. The number of nitrogens with two attached hydrogens (primary N) is 1. The van der Waals surface area contributed by atoms with Gasteiger partial charge in [-0.3, -0.25) is 9.78 Å². The van der Waals surface area contributed by atoms with Gasteiger partial charge >= 0.3 is 17.8 Å². The normalized spacial score (nSPS) is 12.9. The van der Waals surface area contributed by atoms with E-state index in [1.165, 1.54) is 18.7 Å². The number of carbonyl (C=O) groups excluding carboxylic acids is 1. The van der Waals surface area contributed by atoms with Crippen LogP contribution in [0.3, 0.4) is 0 Å². The lowest BCUT2D eigenvalue weighted by Crippen LogP contribution is -2.30. The molecule has 38 heavy (non-hydrogen) atoms. The van der Waals surface area contributed by atoms with Gasteiger partial charge in [-0.15, -0.1) is 0 Å². The quantitative estimate of drug-likeness (QED) is 0.467. The van der Waals surface area contributed by atoms with E-state index in [4.69, 9.17) is 15.6 Å². The number of aromatic nitrogens is 5. The Bertz CT molecular complexity index is 1430. The molecule has 0 saturated carbocycles. The largest absolute Gasteiger partial charge is 0.490 e. The zero-order chi connectivity index (χ0) is 28.2. The molecule has 3 N–H and O–H groups in total. The molecule has 1 amide bonds. The fourth-order valence-corrected chi connectivity index (χ4v) is 3.40. The number of amides is 1. The molecule has 0 unspecified atom stereocenters. The molecule has 0 fully saturated rings. The molecule has 0 saturated heterocycles. The van der Waals surface area contributed by atoms with E-state index in [0.29, 0.717) is 18.5 Å². The lowest BCUT2D eigenvalue weighted by molar-refractivity contribution is -0.192. The van der Waals surface area contributed by atoms with Crippen molar-refractivity contribution in [2.75, 3.05) is 18.5 Å². The number of hydrogen-bond donors (Lipinski definition) is 2. The highest BCUT2D eigenvalue weighted by atomic mass is 19.4. The zero-order valence-corrected chi connectivity index (χ0v) is 19.6. The summed E-state index contributed by atoms with van der Waals surface area (Å²) in [4.78, 5) is 43.5. The highest BCUT2D eigenvalue weighted by Gasteiger charge is 2.38. The van der Waals surface area contributed by atoms with Crippen LogP contribution >= 0.6 is 0 Å². The van der Waals surface area contributed by atoms with Crippen molar-refractivity contribution in [1.29, 1.82) is 0 Å². The second-order valence-electron chi connectivity index (χ2n) is 7.87. The second kappa shape index (κ2) is 11.3. The van der Waals surface area contributed by atoms with Gasteiger partial charge in [-0.05, 0) is 24.1 Å². The van der Waals surface area contributed by atoms with Gasteiger partial charge in [-0.25, -0.2) is 23.8 Å². The number of alkyl halides is 3. The van der Waals surface area contributed by atoms with Crippen LogP contribution in [0.2, 0.25) is 0 Å². The number of carboxylic acids is 1. The number of halogens is 5. The second-order valence-corrected chi connectivity index (χ2v) is 7.87. The van der Waals surface area contributed by atoms with Crippen LogP contribution in [0.1, 0.15) is 12.0 Å². The monoisotopic (exact) mass is 541 g/mol. The average molecular weight is 541 g/mol. The summed E-state index contributed by atoms with van der Waals surface area (Å²) >= 11 is 0. The van der Waals surface area contributed by atoms with Crippen molar-refractivity contribution in [3.8, 4) is 17.1 Å². The number of hydrogen-bond acceptors (Lipinski definition) is 7. The molecule has 0 radical (unpaired) electrons. The van der Waals surface area contributed by atoms with Crippen molar-refractivity contribution in [2.24, 2.45) is 5.73 Å². The van der Waals surface area contributed by atoms with E-state index in [2.05, 4.69) is 15.1 Å². The van der Waals surface area contributed by atoms with Crippen molar-refractivity contribution in [1.82, 2.24) is 24.3 Å². The number of rotatable bonds is 5. The summed E-state index contributed by atoms with van der Waals surface area (Å²) < 4.78 is 59.4. The Labute approximate surface area is 210 Å². The Morgan fingerprint density at radius 1 is 1.13 bits per heavy atom. The van der Waals surface area contributed by atoms with Crippen LogP contribution in [0.4, 0.5) is 27.6 Å². The lowest BCUT2D eigenvalue weighted by Gasteiger charge is -2.26. The zero-order valence-electron chi connectivity index (χ0n) is 19.6. The van der Waals surface area contributed by atoms with E-state index in [9.17, 15) is 31.5 Å². The Morgan fingerprint density at radius 3 is 2.37 bits per heavy atom.